The van der Waals surface area contributed by atoms with Gasteiger partial charge >= 0.3 is 0 Å². The van der Waals surface area contributed by atoms with E-state index in [9.17, 15) is 10.1 Å². The van der Waals surface area contributed by atoms with Crippen LogP contribution in [0.2, 0.25) is 0 Å². The summed E-state index contributed by atoms with van der Waals surface area (Å²) in [6.45, 7) is 1.60. The normalized spacial score (nSPS) is 12.1. The Morgan fingerprint density at radius 2 is 2.29 bits per heavy atom. The zero-order valence-electron chi connectivity index (χ0n) is 8.27. The third-order valence-corrected chi connectivity index (χ3v) is 2.03. The van der Waals surface area contributed by atoms with E-state index in [2.05, 4.69) is 0 Å². The highest BCUT2D eigenvalue weighted by Crippen LogP contribution is 2.14. The fraction of sp³-hybridized carbons (Fsp3) is 0.400. The summed E-state index contributed by atoms with van der Waals surface area (Å²) < 4.78 is 5.03. The molecule has 0 amide bonds. The summed E-state index contributed by atoms with van der Waals surface area (Å²) in [5.74, 6) is 0.734. The zero-order chi connectivity index (χ0) is 10.6. The topological polar surface area (TPSA) is 52.4 Å². The maximum Gasteiger partial charge on any atom is 0.214 e. The van der Waals surface area contributed by atoms with Crippen LogP contribution in [0.15, 0.2) is 24.3 Å². The summed E-state index contributed by atoms with van der Waals surface area (Å²) in [6, 6.07) is 6.78. The second kappa shape index (κ2) is 4.60. The van der Waals surface area contributed by atoms with Gasteiger partial charge in [0.2, 0.25) is 6.04 Å². The molecule has 0 radical (unpaired) electrons. The molecule has 0 fully saturated rings. The molecule has 0 unspecified atom stereocenters. The van der Waals surface area contributed by atoms with Crippen molar-refractivity contribution in [2.45, 2.75) is 19.4 Å². The molecule has 0 aliphatic heterocycles. The predicted molar refractivity (Wildman–Crippen MR) is 53.2 cm³/mol. The molecule has 0 aliphatic carbocycles. The number of ether oxygens (including phenoxy) is 1. The minimum atomic E-state index is -0.554. The van der Waals surface area contributed by atoms with Gasteiger partial charge in [0, 0.05) is 18.3 Å². The predicted octanol–water partition coefficient (Wildman–Crippen LogP) is 1.90. The van der Waals surface area contributed by atoms with Crippen molar-refractivity contribution < 1.29 is 9.66 Å². The SMILES string of the molecule is COc1cccc(C[C@H](C)[N+](=O)[O-])c1. The van der Waals surface area contributed by atoms with Crippen molar-refractivity contribution in [2.24, 2.45) is 0 Å². The van der Waals surface area contributed by atoms with E-state index < -0.39 is 6.04 Å². The van der Waals surface area contributed by atoms with Crippen LogP contribution in [0.25, 0.3) is 0 Å². The Labute approximate surface area is 82.7 Å². The summed E-state index contributed by atoms with van der Waals surface area (Å²) in [5.41, 5.74) is 0.925. The molecule has 1 atom stereocenters. The van der Waals surface area contributed by atoms with Gasteiger partial charge in [-0.3, -0.25) is 10.1 Å². The molecule has 0 spiro atoms. The average molecular weight is 195 g/mol. The molecule has 0 saturated carbocycles. The molecule has 0 heterocycles. The Morgan fingerprint density at radius 3 is 2.86 bits per heavy atom. The van der Waals surface area contributed by atoms with Gasteiger partial charge in [-0.1, -0.05) is 12.1 Å². The van der Waals surface area contributed by atoms with Crippen LogP contribution >= 0.6 is 0 Å². The Balaban J connectivity index is 2.71. The van der Waals surface area contributed by atoms with E-state index in [0.29, 0.717) is 6.42 Å². The quantitative estimate of drug-likeness (QED) is 0.544. The van der Waals surface area contributed by atoms with Crippen LogP contribution in [0.3, 0.4) is 0 Å². The Hall–Kier alpha value is -1.58. The fourth-order valence-electron chi connectivity index (χ4n) is 1.22. The van der Waals surface area contributed by atoms with E-state index >= 15 is 0 Å². The maximum absolute atomic E-state index is 10.4. The molecule has 1 aromatic rings. The minimum absolute atomic E-state index is 0.278. The van der Waals surface area contributed by atoms with Gasteiger partial charge in [0.1, 0.15) is 5.75 Å². The van der Waals surface area contributed by atoms with Gasteiger partial charge in [0.25, 0.3) is 0 Å². The Kier molecular flexibility index (Phi) is 3.45. The largest absolute Gasteiger partial charge is 0.497 e. The molecule has 1 aromatic carbocycles. The molecule has 0 aliphatic rings. The molecule has 76 valence electrons. The first-order valence-electron chi connectivity index (χ1n) is 4.40. The van der Waals surface area contributed by atoms with Crippen LogP contribution < -0.4 is 4.74 Å². The van der Waals surface area contributed by atoms with E-state index in [-0.39, 0.29) is 4.92 Å². The molecule has 0 N–H and O–H groups in total. The number of nitrogens with zero attached hydrogens (tertiary/aromatic N) is 1. The minimum Gasteiger partial charge on any atom is -0.497 e. The highest BCUT2D eigenvalue weighted by atomic mass is 16.6. The van der Waals surface area contributed by atoms with Crippen molar-refractivity contribution in [3.8, 4) is 5.75 Å². The summed E-state index contributed by atoms with van der Waals surface area (Å²) in [7, 11) is 1.58. The smallest absolute Gasteiger partial charge is 0.214 e. The van der Waals surface area contributed by atoms with Crippen molar-refractivity contribution in [2.75, 3.05) is 7.11 Å². The number of benzene rings is 1. The number of rotatable bonds is 4. The Morgan fingerprint density at radius 1 is 1.57 bits per heavy atom. The van der Waals surface area contributed by atoms with E-state index in [1.807, 2.05) is 24.3 Å². The highest BCUT2D eigenvalue weighted by Gasteiger charge is 2.13. The van der Waals surface area contributed by atoms with Gasteiger partial charge in [-0.05, 0) is 17.7 Å². The molecule has 14 heavy (non-hydrogen) atoms. The van der Waals surface area contributed by atoms with Crippen molar-refractivity contribution in [3.63, 3.8) is 0 Å². The Bertz CT molecular complexity index is 325. The van der Waals surface area contributed by atoms with Gasteiger partial charge in [0.05, 0.1) is 7.11 Å². The first-order valence-corrected chi connectivity index (χ1v) is 4.40. The lowest BCUT2D eigenvalue weighted by molar-refractivity contribution is -0.517. The average Bonchev–Trinajstić information content (AvgIpc) is 2.18. The monoisotopic (exact) mass is 195 g/mol. The lowest BCUT2D eigenvalue weighted by Gasteiger charge is -2.05. The molecule has 4 heteroatoms. The van der Waals surface area contributed by atoms with E-state index in [4.69, 9.17) is 4.74 Å². The molecular weight excluding hydrogens is 182 g/mol. The van der Waals surface area contributed by atoms with Crippen LogP contribution in [-0.4, -0.2) is 18.1 Å². The molecule has 0 aromatic heterocycles. The van der Waals surface area contributed by atoms with Crippen molar-refractivity contribution in [1.29, 1.82) is 0 Å². The van der Waals surface area contributed by atoms with Gasteiger partial charge in [-0.15, -0.1) is 0 Å². The lowest BCUT2D eigenvalue weighted by atomic mass is 10.1. The second-order valence-corrected chi connectivity index (χ2v) is 3.19. The van der Waals surface area contributed by atoms with E-state index in [0.717, 1.165) is 11.3 Å². The third kappa shape index (κ3) is 2.73. The zero-order valence-corrected chi connectivity index (χ0v) is 8.27. The summed E-state index contributed by atoms with van der Waals surface area (Å²) in [6.07, 6.45) is 0.435. The number of methoxy groups -OCH3 is 1. The highest BCUT2D eigenvalue weighted by molar-refractivity contribution is 5.28. The van der Waals surface area contributed by atoms with Gasteiger partial charge in [-0.2, -0.15) is 0 Å². The second-order valence-electron chi connectivity index (χ2n) is 3.19. The summed E-state index contributed by atoms with van der Waals surface area (Å²) >= 11 is 0. The molecule has 1 rings (SSSR count). The van der Waals surface area contributed by atoms with Crippen LogP contribution in [0.1, 0.15) is 12.5 Å². The van der Waals surface area contributed by atoms with Crippen molar-refractivity contribution >= 4 is 0 Å². The van der Waals surface area contributed by atoms with Crippen LogP contribution in [0, 0.1) is 10.1 Å². The van der Waals surface area contributed by atoms with Gasteiger partial charge < -0.3 is 4.74 Å². The summed E-state index contributed by atoms with van der Waals surface area (Å²) in [4.78, 5) is 10.2. The third-order valence-electron chi connectivity index (χ3n) is 2.03. The lowest BCUT2D eigenvalue weighted by Crippen LogP contribution is -2.17. The molecular formula is C10H13NO3. The van der Waals surface area contributed by atoms with E-state index in [1.54, 1.807) is 14.0 Å². The number of hydrogen-bond acceptors (Lipinski definition) is 3. The van der Waals surface area contributed by atoms with Crippen LogP contribution in [0.5, 0.6) is 5.75 Å². The van der Waals surface area contributed by atoms with Crippen LogP contribution in [0.4, 0.5) is 0 Å². The molecule has 4 nitrogen and oxygen atoms in total. The number of hydrogen-bond donors (Lipinski definition) is 0. The van der Waals surface area contributed by atoms with Crippen LogP contribution in [-0.2, 0) is 6.42 Å². The van der Waals surface area contributed by atoms with Gasteiger partial charge in [0.15, 0.2) is 0 Å². The number of nitro groups is 1. The summed E-state index contributed by atoms with van der Waals surface area (Å²) in [5, 5.41) is 10.4. The maximum atomic E-state index is 10.4. The first kappa shape index (κ1) is 10.5. The van der Waals surface area contributed by atoms with Crippen molar-refractivity contribution in [1.82, 2.24) is 0 Å². The molecule has 0 bridgehead atoms. The fourth-order valence-corrected chi connectivity index (χ4v) is 1.22. The standard InChI is InChI=1S/C10H13NO3/c1-8(11(12)13)6-9-4-3-5-10(7-9)14-2/h3-5,7-8H,6H2,1-2H3/t8-/m0/s1. The molecule has 0 saturated heterocycles. The first-order chi connectivity index (χ1) is 6.63. The van der Waals surface area contributed by atoms with Gasteiger partial charge in [-0.25, -0.2) is 0 Å². The van der Waals surface area contributed by atoms with Crippen molar-refractivity contribution in [3.05, 3.63) is 39.9 Å². The van der Waals surface area contributed by atoms with E-state index in [1.165, 1.54) is 0 Å².